The molecule has 0 fully saturated rings. The number of ether oxygens (including phenoxy) is 2. The smallest absolute Gasteiger partial charge is 0.339 e. The molecule has 3 rings (SSSR count). The second kappa shape index (κ2) is 7.12. The molecule has 0 bridgehead atoms. The van der Waals surface area contributed by atoms with Gasteiger partial charge in [0.1, 0.15) is 5.75 Å². The maximum absolute atomic E-state index is 12.3. The van der Waals surface area contributed by atoms with Gasteiger partial charge < -0.3 is 14.0 Å². The Morgan fingerprint density at radius 3 is 2.84 bits per heavy atom. The van der Waals surface area contributed by atoms with Crippen LogP contribution in [0, 0.1) is 6.92 Å². The van der Waals surface area contributed by atoms with Gasteiger partial charge in [0.25, 0.3) is 5.89 Å². The lowest BCUT2D eigenvalue weighted by molar-refractivity contribution is 0.0265. The van der Waals surface area contributed by atoms with Crippen molar-refractivity contribution in [1.82, 2.24) is 15.1 Å². The molecule has 0 saturated carbocycles. The van der Waals surface area contributed by atoms with Crippen LogP contribution in [0.2, 0.25) is 0 Å². The molecule has 0 aliphatic heterocycles. The lowest BCUT2D eigenvalue weighted by atomic mass is 10.1. The highest BCUT2D eigenvalue weighted by Gasteiger charge is 2.20. The Morgan fingerprint density at radius 1 is 1.28 bits per heavy atom. The van der Waals surface area contributed by atoms with E-state index in [1.165, 1.54) is 0 Å². The zero-order chi connectivity index (χ0) is 17.8. The number of hydrogen-bond acceptors (Lipinski definition) is 7. The van der Waals surface area contributed by atoms with Gasteiger partial charge in [0.2, 0.25) is 5.82 Å². The number of nitrogens with zero attached hydrogens (tertiary/aromatic N) is 3. The van der Waals surface area contributed by atoms with Crippen LogP contribution < -0.4 is 4.74 Å². The molecule has 0 spiro atoms. The minimum atomic E-state index is -0.683. The van der Waals surface area contributed by atoms with Crippen LogP contribution in [-0.4, -0.2) is 28.2 Å². The van der Waals surface area contributed by atoms with Crippen molar-refractivity contribution in [3.63, 3.8) is 0 Å². The number of carbonyl (C=O) groups excluding carboxylic acids is 1. The third-order valence-electron chi connectivity index (χ3n) is 3.64. The number of hydrogen-bond donors (Lipinski definition) is 0. The standard InChI is InChI=1S/C18H17N3O4/c1-11-6-7-13(9-15(11)23-3)18(22)24-12(2)17-20-16(21-25-17)14-5-4-8-19-10-14/h4-10,12H,1-3H3/t12-/m1/s1. The Kier molecular flexibility index (Phi) is 4.74. The van der Waals surface area contributed by atoms with Gasteiger partial charge >= 0.3 is 5.97 Å². The number of rotatable bonds is 5. The predicted molar refractivity (Wildman–Crippen MR) is 89.1 cm³/mol. The summed E-state index contributed by atoms with van der Waals surface area (Å²) >= 11 is 0. The monoisotopic (exact) mass is 339 g/mol. The van der Waals surface area contributed by atoms with Gasteiger partial charge in [0.05, 0.1) is 12.7 Å². The number of carbonyl (C=O) groups is 1. The molecule has 25 heavy (non-hydrogen) atoms. The number of aromatic nitrogens is 3. The van der Waals surface area contributed by atoms with Crippen molar-refractivity contribution in [2.24, 2.45) is 0 Å². The number of pyridine rings is 1. The summed E-state index contributed by atoms with van der Waals surface area (Å²) in [5, 5.41) is 3.89. The molecule has 0 aliphatic carbocycles. The van der Waals surface area contributed by atoms with Crippen molar-refractivity contribution in [3.8, 4) is 17.1 Å². The Bertz CT molecular complexity index is 877. The molecule has 3 aromatic rings. The summed E-state index contributed by atoms with van der Waals surface area (Å²) in [4.78, 5) is 20.6. The van der Waals surface area contributed by atoms with Gasteiger partial charge in [-0.3, -0.25) is 4.98 Å². The lowest BCUT2D eigenvalue weighted by Crippen LogP contribution is -2.10. The fourth-order valence-electron chi connectivity index (χ4n) is 2.24. The largest absolute Gasteiger partial charge is 0.496 e. The summed E-state index contributed by atoms with van der Waals surface area (Å²) in [6, 6.07) is 8.71. The number of benzene rings is 1. The maximum Gasteiger partial charge on any atom is 0.339 e. The molecule has 2 heterocycles. The Morgan fingerprint density at radius 2 is 2.12 bits per heavy atom. The number of aryl methyl sites for hydroxylation is 1. The summed E-state index contributed by atoms with van der Waals surface area (Å²) in [5.74, 6) is 0.736. The highest BCUT2D eigenvalue weighted by Crippen LogP contribution is 2.23. The lowest BCUT2D eigenvalue weighted by Gasteiger charge is -2.11. The minimum Gasteiger partial charge on any atom is -0.496 e. The van der Waals surface area contributed by atoms with Gasteiger partial charge in [-0.25, -0.2) is 4.79 Å². The Hall–Kier alpha value is -3.22. The van der Waals surface area contributed by atoms with Gasteiger partial charge in [0.15, 0.2) is 6.10 Å². The van der Waals surface area contributed by atoms with Crippen molar-refractivity contribution < 1.29 is 18.8 Å². The highest BCUT2D eigenvalue weighted by atomic mass is 16.6. The number of methoxy groups -OCH3 is 1. The molecular formula is C18H17N3O4. The molecule has 1 atom stereocenters. The van der Waals surface area contributed by atoms with E-state index in [0.717, 1.165) is 11.1 Å². The molecule has 128 valence electrons. The van der Waals surface area contributed by atoms with Gasteiger partial charge in [-0.15, -0.1) is 0 Å². The van der Waals surface area contributed by atoms with E-state index in [1.54, 1.807) is 50.7 Å². The van der Waals surface area contributed by atoms with E-state index in [4.69, 9.17) is 14.0 Å². The molecule has 0 N–H and O–H groups in total. The van der Waals surface area contributed by atoms with Gasteiger partial charge in [-0.1, -0.05) is 11.2 Å². The van der Waals surface area contributed by atoms with Crippen LogP contribution in [0.4, 0.5) is 0 Å². The molecule has 1 aromatic carbocycles. The van der Waals surface area contributed by atoms with E-state index in [9.17, 15) is 4.79 Å². The third-order valence-corrected chi connectivity index (χ3v) is 3.64. The second-order valence-corrected chi connectivity index (χ2v) is 5.43. The van der Waals surface area contributed by atoms with Crippen molar-refractivity contribution in [2.75, 3.05) is 7.11 Å². The normalized spacial score (nSPS) is 11.8. The molecule has 0 aliphatic rings. The Balaban J connectivity index is 1.73. The fraction of sp³-hybridized carbons (Fsp3) is 0.222. The first-order chi connectivity index (χ1) is 12.1. The van der Waals surface area contributed by atoms with Crippen LogP contribution in [0.25, 0.3) is 11.4 Å². The van der Waals surface area contributed by atoms with Crippen LogP contribution >= 0.6 is 0 Å². The van der Waals surface area contributed by atoms with Crippen LogP contribution in [0.15, 0.2) is 47.2 Å². The molecule has 7 nitrogen and oxygen atoms in total. The summed E-state index contributed by atoms with van der Waals surface area (Å²) in [5.41, 5.74) is 2.05. The van der Waals surface area contributed by atoms with E-state index in [1.807, 2.05) is 13.0 Å². The van der Waals surface area contributed by atoms with E-state index in [0.29, 0.717) is 17.1 Å². The van der Waals surface area contributed by atoms with Crippen molar-refractivity contribution >= 4 is 5.97 Å². The first-order valence-electron chi connectivity index (χ1n) is 7.68. The first kappa shape index (κ1) is 16.6. The quantitative estimate of drug-likeness (QED) is 0.659. The Labute approximate surface area is 144 Å². The fourth-order valence-corrected chi connectivity index (χ4v) is 2.24. The number of esters is 1. The summed E-state index contributed by atoms with van der Waals surface area (Å²) in [6.07, 6.45) is 2.60. The average Bonchev–Trinajstić information content (AvgIpc) is 3.13. The topological polar surface area (TPSA) is 87.3 Å². The first-order valence-corrected chi connectivity index (χ1v) is 7.68. The summed E-state index contributed by atoms with van der Waals surface area (Å²) < 4.78 is 15.8. The summed E-state index contributed by atoms with van der Waals surface area (Å²) in [7, 11) is 1.55. The zero-order valence-electron chi connectivity index (χ0n) is 14.1. The minimum absolute atomic E-state index is 0.214. The molecule has 0 radical (unpaired) electrons. The predicted octanol–water partition coefficient (Wildman–Crippen LogP) is 3.37. The van der Waals surface area contributed by atoms with Gasteiger partial charge in [0, 0.05) is 18.0 Å². The summed E-state index contributed by atoms with van der Waals surface area (Å²) in [6.45, 7) is 3.57. The molecule has 0 unspecified atom stereocenters. The van der Waals surface area contributed by atoms with Crippen LogP contribution in [-0.2, 0) is 4.74 Å². The van der Waals surface area contributed by atoms with Crippen LogP contribution in [0.5, 0.6) is 5.75 Å². The van der Waals surface area contributed by atoms with E-state index < -0.39 is 12.1 Å². The van der Waals surface area contributed by atoms with Gasteiger partial charge in [-0.05, 0) is 43.7 Å². The molecule has 7 heteroatoms. The zero-order valence-corrected chi connectivity index (χ0v) is 14.1. The van der Waals surface area contributed by atoms with Crippen molar-refractivity contribution in [3.05, 3.63) is 59.7 Å². The van der Waals surface area contributed by atoms with E-state index in [-0.39, 0.29) is 5.89 Å². The molecular weight excluding hydrogens is 322 g/mol. The van der Waals surface area contributed by atoms with Gasteiger partial charge in [-0.2, -0.15) is 4.98 Å². The van der Waals surface area contributed by atoms with Crippen LogP contribution in [0.3, 0.4) is 0 Å². The maximum atomic E-state index is 12.3. The highest BCUT2D eigenvalue weighted by molar-refractivity contribution is 5.90. The third kappa shape index (κ3) is 3.65. The molecule has 2 aromatic heterocycles. The molecule has 0 saturated heterocycles. The van der Waals surface area contributed by atoms with Crippen LogP contribution in [0.1, 0.15) is 34.8 Å². The van der Waals surface area contributed by atoms with E-state index >= 15 is 0 Å². The van der Waals surface area contributed by atoms with E-state index in [2.05, 4.69) is 15.1 Å². The SMILES string of the molecule is COc1cc(C(=O)O[C@H](C)c2nc(-c3cccnc3)no2)ccc1C. The van der Waals surface area contributed by atoms with Crippen molar-refractivity contribution in [2.45, 2.75) is 20.0 Å². The van der Waals surface area contributed by atoms with Crippen molar-refractivity contribution in [1.29, 1.82) is 0 Å². The molecule has 0 amide bonds. The average molecular weight is 339 g/mol. The second-order valence-electron chi connectivity index (χ2n) is 5.43.